The molecule has 94 valence electrons. The van der Waals surface area contributed by atoms with E-state index >= 15 is 0 Å². The Hall–Kier alpha value is -0.780. The van der Waals surface area contributed by atoms with Crippen LogP contribution in [0.5, 0.6) is 11.5 Å². The minimum Gasteiger partial charge on any atom is -0.486 e. The van der Waals surface area contributed by atoms with E-state index in [2.05, 4.69) is 15.9 Å². The smallest absolute Gasteiger partial charge is 0.175 e. The maximum atomic E-state index is 9.93. The number of ether oxygens (including phenoxy) is 2. The molecule has 17 heavy (non-hydrogen) atoms. The van der Waals surface area contributed by atoms with Crippen LogP contribution in [0.25, 0.3) is 0 Å². The second kappa shape index (κ2) is 5.25. The first kappa shape index (κ1) is 12.7. The average Bonchev–Trinajstić information content (AvgIpc) is 2.37. The van der Waals surface area contributed by atoms with E-state index in [9.17, 15) is 5.11 Å². The summed E-state index contributed by atoms with van der Waals surface area (Å²) in [6.45, 7) is 3.30. The van der Waals surface area contributed by atoms with Gasteiger partial charge in [0.1, 0.15) is 13.2 Å². The van der Waals surface area contributed by atoms with Crippen molar-refractivity contribution >= 4 is 15.9 Å². The van der Waals surface area contributed by atoms with Crippen molar-refractivity contribution in [3.63, 3.8) is 0 Å². The lowest BCUT2D eigenvalue weighted by molar-refractivity contribution is 0.165. The summed E-state index contributed by atoms with van der Waals surface area (Å²) in [5.74, 6) is 1.39. The summed E-state index contributed by atoms with van der Waals surface area (Å²) in [7, 11) is 0. The van der Waals surface area contributed by atoms with Crippen molar-refractivity contribution in [1.29, 1.82) is 0 Å². The van der Waals surface area contributed by atoms with E-state index in [1.54, 1.807) is 0 Å². The molecule has 4 nitrogen and oxygen atoms in total. The van der Waals surface area contributed by atoms with E-state index in [4.69, 9.17) is 15.2 Å². The highest BCUT2D eigenvalue weighted by molar-refractivity contribution is 9.10. The lowest BCUT2D eigenvalue weighted by Gasteiger charge is -2.24. The first-order valence-corrected chi connectivity index (χ1v) is 6.47. The summed E-state index contributed by atoms with van der Waals surface area (Å²) >= 11 is 3.52. The van der Waals surface area contributed by atoms with Crippen LogP contribution in [0.15, 0.2) is 10.5 Å². The molecule has 1 unspecified atom stereocenters. The number of fused-ring (bicyclic) bond motifs is 1. The molecule has 0 bridgehead atoms. The van der Waals surface area contributed by atoms with Crippen LogP contribution in [0.4, 0.5) is 0 Å². The van der Waals surface area contributed by atoms with Gasteiger partial charge < -0.3 is 20.3 Å². The number of nitrogens with two attached hydrogens (primary N) is 1. The third kappa shape index (κ3) is 2.27. The maximum absolute atomic E-state index is 9.93. The molecule has 0 saturated carbocycles. The quantitative estimate of drug-likeness (QED) is 0.893. The lowest BCUT2D eigenvalue weighted by Crippen LogP contribution is -2.19. The summed E-state index contributed by atoms with van der Waals surface area (Å²) in [4.78, 5) is 0. The molecule has 1 atom stereocenters. The minimum atomic E-state index is -0.669. The summed E-state index contributed by atoms with van der Waals surface area (Å²) in [5, 5.41) is 9.93. The number of hydrogen-bond acceptors (Lipinski definition) is 4. The molecule has 0 fully saturated rings. The van der Waals surface area contributed by atoms with Crippen molar-refractivity contribution in [3.05, 3.63) is 21.7 Å². The van der Waals surface area contributed by atoms with Gasteiger partial charge in [-0.2, -0.15) is 0 Å². The Morgan fingerprint density at radius 3 is 2.82 bits per heavy atom. The Labute approximate surface area is 109 Å². The molecule has 1 aliphatic heterocycles. The van der Waals surface area contributed by atoms with Gasteiger partial charge >= 0.3 is 0 Å². The van der Waals surface area contributed by atoms with E-state index in [0.29, 0.717) is 19.0 Å². The number of halogens is 1. The molecule has 0 radical (unpaired) electrons. The van der Waals surface area contributed by atoms with E-state index < -0.39 is 6.10 Å². The summed E-state index contributed by atoms with van der Waals surface area (Å²) in [6, 6.07) is 1.83. The van der Waals surface area contributed by atoms with Crippen LogP contribution in [-0.2, 0) is 6.42 Å². The molecule has 0 spiro atoms. The topological polar surface area (TPSA) is 64.7 Å². The molecule has 5 heteroatoms. The predicted octanol–water partition coefficient (Wildman–Crippen LogP) is 1.77. The Morgan fingerprint density at radius 2 is 2.18 bits per heavy atom. The fourth-order valence-corrected chi connectivity index (χ4v) is 2.81. The summed E-state index contributed by atoms with van der Waals surface area (Å²) in [6.07, 6.45) is 0.126. The fourth-order valence-electron chi connectivity index (χ4n) is 1.99. The molecule has 0 saturated heterocycles. The van der Waals surface area contributed by atoms with E-state index in [0.717, 1.165) is 27.8 Å². The Kier molecular flexibility index (Phi) is 3.91. The first-order valence-electron chi connectivity index (χ1n) is 5.68. The van der Waals surface area contributed by atoms with Gasteiger partial charge in [0.05, 0.1) is 10.6 Å². The van der Waals surface area contributed by atoms with Crippen LogP contribution in [0.1, 0.15) is 24.2 Å². The molecule has 3 N–H and O–H groups in total. The zero-order valence-electron chi connectivity index (χ0n) is 9.70. The molecule has 0 aliphatic carbocycles. The van der Waals surface area contributed by atoms with Crippen molar-refractivity contribution < 1.29 is 14.6 Å². The number of aliphatic hydroxyl groups excluding tert-OH is 1. The molecular weight excluding hydrogens is 286 g/mol. The van der Waals surface area contributed by atoms with Gasteiger partial charge in [0.25, 0.3) is 0 Å². The van der Waals surface area contributed by atoms with Crippen LogP contribution in [-0.4, -0.2) is 24.9 Å². The molecule has 1 aliphatic rings. The molecule has 0 aromatic heterocycles. The third-order valence-electron chi connectivity index (χ3n) is 2.85. The van der Waals surface area contributed by atoms with Crippen molar-refractivity contribution in [2.45, 2.75) is 19.4 Å². The van der Waals surface area contributed by atoms with Gasteiger partial charge in [-0.05, 0) is 39.5 Å². The standard InChI is InChI=1S/C12H16BrNO3/c1-2-7-8(9(15)6-14)5-10-12(11(7)13)17-4-3-16-10/h5,9,15H,2-4,6,14H2,1H3. The van der Waals surface area contributed by atoms with Crippen LogP contribution in [0, 0.1) is 0 Å². The highest BCUT2D eigenvalue weighted by Crippen LogP contribution is 2.43. The highest BCUT2D eigenvalue weighted by Gasteiger charge is 2.23. The number of aliphatic hydroxyl groups is 1. The third-order valence-corrected chi connectivity index (χ3v) is 3.68. The second-order valence-corrected chi connectivity index (χ2v) is 4.68. The maximum Gasteiger partial charge on any atom is 0.175 e. The molecular formula is C12H16BrNO3. The molecule has 1 heterocycles. The zero-order chi connectivity index (χ0) is 12.4. The van der Waals surface area contributed by atoms with Gasteiger partial charge in [0.2, 0.25) is 0 Å². The monoisotopic (exact) mass is 301 g/mol. The van der Waals surface area contributed by atoms with Crippen LogP contribution >= 0.6 is 15.9 Å². The molecule has 1 aromatic carbocycles. The fraction of sp³-hybridized carbons (Fsp3) is 0.500. The predicted molar refractivity (Wildman–Crippen MR) is 68.5 cm³/mol. The van der Waals surface area contributed by atoms with Crippen LogP contribution in [0.3, 0.4) is 0 Å². The summed E-state index contributed by atoms with van der Waals surface area (Å²) in [5.41, 5.74) is 7.35. The first-order chi connectivity index (χ1) is 8.19. The van der Waals surface area contributed by atoms with Crippen LogP contribution in [0.2, 0.25) is 0 Å². The van der Waals surface area contributed by atoms with Gasteiger partial charge in [0.15, 0.2) is 11.5 Å². The van der Waals surface area contributed by atoms with Crippen molar-refractivity contribution in [3.8, 4) is 11.5 Å². The SMILES string of the molecule is CCc1c(C(O)CN)cc2c(c1Br)OCCO2. The number of rotatable bonds is 3. The largest absolute Gasteiger partial charge is 0.486 e. The van der Waals surface area contributed by atoms with Crippen molar-refractivity contribution in [2.24, 2.45) is 5.73 Å². The molecule has 2 rings (SSSR count). The van der Waals surface area contributed by atoms with Crippen molar-refractivity contribution in [2.75, 3.05) is 19.8 Å². The van der Waals surface area contributed by atoms with Crippen molar-refractivity contribution in [1.82, 2.24) is 0 Å². The Bertz CT molecular complexity index is 423. The van der Waals surface area contributed by atoms with E-state index in [1.165, 1.54) is 0 Å². The zero-order valence-corrected chi connectivity index (χ0v) is 11.3. The van der Waals surface area contributed by atoms with Gasteiger partial charge in [-0.3, -0.25) is 0 Å². The van der Waals surface area contributed by atoms with E-state index in [-0.39, 0.29) is 6.54 Å². The van der Waals surface area contributed by atoms with Gasteiger partial charge in [0, 0.05) is 6.54 Å². The molecule has 1 aromatic rings. The molecule has 0 amide bonds. The van der Waals surface area contributed by atoms with Crippen LogP contribution < -0.4 is 15.2 Å². The Morgan fingerprint density at radius 1 is 1.47 bits per heavy atom. The number of hydrogen-bond donors (Lipinski definition) is 2. The van der Waals surface area contributed by atoms with Gasteiger partial charge in [-0.1, -0.05) is 6.92 Å². The summed E-state index contributed by atoms with van der Waals surface area (Å²) < 4.78 is 12.0. The minimum absolute atomic E-state index is 0.194. The average molecular weight is 302 g/mol. The normalized spacial score (nSPS) is 15.8. The second-order valence-electron chi connectivity index (χ2n) is 3.89. The number of benzene rings is 1. The van der Waals surface area contributed by atoms with Gasteiger partial charge in [-0.25, -0.2) is 0 Å². The van der Waals surface area contributed by atoms with Gasteiger partial charge in [-0.15, -0.1) is 0 Å². The lowest BCUT2D eigenvalue weighted by atomic mass is 9.99. The highest BCUT2D eigenvalue weighted by atomic mass is 79.9. The Balaban J connectivity index is 2.55. The van der Waals surface area contributed by atoms with E-state index in [1.807, 2.05) is 13.0 Å².